The zero-order chi connectivity index (χ0) is 22.7. The van der Waals surface area contributed by atoms with Crippen molar-refractivity contribution in [1.82, 2.24) is 4.40 Å². The van der Waals surface area contributed by atoms with Crippen LogP contribution < -0.4 is 9.80 Å². The Morgan fingerprint density at radius 1 is 1.03 bits per heavy atom. The Labute approximate surface area is 181 Å². The minimum atomic E-state index is -0.387. The first-order valence-corrected chi connectivity index (χ1v) is 10.4. The third kappa shape index (κ3) is 4.76. The van der Waals surface area contributed by atoms with Crippen LogP contribution in [-0.2, 0) is 17.8 Å². The van der Waals surface area contributed by atoms with Gasteiger partial charge in [0.25, 0.3) is 5.69 Å². The van der Waals surface area contributed by atoms with E-state index in [1.807, 2.05) is 24.4 Å². The monoisotopic (exact) mass is 426 g/mol. The molecular weight excluding hydrogens is 396 g/mol. The number of esters is 1. The molecule has 164 valence electrons. The van der Waals surface area contributed by atoms with Gasteiger partial charge in [-0.15, -0.1) is 0 Å². The van der Waals surface area contributed by atoms with Gasteiger partial charge in [-0.2, -0.15) is 0 Å². The molecule has 2 aromatic heterocycles. The van der Waals surface area contributed by atoms with E-state index in [4.69, 9.17) is 4.74 Å². The highest BCUT2D eigenvalue weighted by Crippen LogP contribution is 2.34. The quantitative estimate of drug-likeness (QED) is 0.320. The molecule has 3 aromatic rings. The largest absolute Gasteiger partial charge is 0.462 e. The topological polar surface area (TPSA) is 82.7 Å². The maximum absolute atomic E-state index is 12.4. The van der Waals surface area contributed by atoms with E-state index in [0.717, 1.165) is 41.0 Å². The van der Waals surface area contributed by atoms with E-state index >= 15 is 0 Å². The second kappa shape index (κ2) is 9.28. The number of fused-ring (bicyclic) bond motifs is 1. The lowest BCUT2D eigenvalue weighted by molar-refractivity contribution is -0.873. The average Bonchev–Trinajstić information content (AvgIpc) is 2.99. The number of non-ortho nitro benzene ring substituents is 1. The van der Waals surface area contributed by atoms with Crippen molar-refractivity contribution >= 4 is 17.2 Å². The molecule has 1 aromatic carbocycles. The van der Waals surface area contributed by atoms with E-state index in [9.17, 15) is 14.9 Å². The number of pyridine rings is 1. The Balaban J connectivity index is 2.30. The summed E-state index contributed by atoms with van der Waals surface area (Å²) in [6.07, 6.45) is 1.84. The summed E-state index contributed by atoms with van der Waals surface area (Å²) in [7, 11) is 8.33. The van der Waals surface area contributed by atoms with Gasteiger partial charge >= 0.3 is 5.97 Å². The summed E-state index contributed by atoms with van der Waals surface area (Å²) in [6.45, 7) is 3.61. The van der Waals surface area contributed by atoms with E-state index in [1.54, 1.807) is 25.1 Å². The lowest BCUT2D eigenvalue weighted by atomic mass is 9.99. The highest BCUT2D eigenvalue weighted by molar-refractivity contribution is 5.90. The second-order valence-electron chi connectivity index (χ2n) is 8.27. The van der Waals surface area contributed by atoms with Gasteiger partial charge in [0.1, 0.15) is 13.1 Å². The standard InChI is InChI=1S/C23H28N4O4/c1-6-31-23(28)17-9-12-20-19(14-24(2)3)22(21(15-25(4)5)26(20)13-17)16-7-10-18(11-8-16)27(29)30/h7-13H,6,14-15H2,1-5H3/p+2. The van der Waals surface area contributed by atoms with E-state index < -0.39 is 0 Å². The summed E-state index contributed by atoms with van der Waals surface area (Å²) in [5, 5.41) is 11.1. The molecule has 2 N–H and O–H groups in total. The number of nitrogens with one attached hydrogen (secondary N) is 2. The van der Waals surface area contributed by atoms with Gasteiger partial charge in [-0.3, -0.25) is 10.1 Å². The first-order valence-electron chi connectivity index (χ1n) is 10.4. The van der Waals surface area contributed by atoms with Gasteiger partial charge in [-0.25, -0.2) is 4.79 Å². The molecule has 2 heterocycles. The van der Waals surface area contributed by atoms with Crippen molar-refractivity contribution in [3.05, 3.63) is 69.5 Å². The minimum Gasteiger partial charge on any atom is -0.462 e. The highest BCUT2D eigenvalue weighted by Gasteiger charge is 2.24. The number of hydrogen-bond donors (Lipinski definition) is 2. The van der Waals surface area contributed by atoms with Crippen LogP contribution in [0.25, 0.3) is 16.6 Å². The van der Waals surface area contributed by atoms with Crippen molar-refractivity contribution in [2.24, 2.45) is 0 Å². The Kier molecular flexibility index (Phi) is 6.72. The summed E-state index contributed by atoms with van der Waals surface area (Å²) >= 11 is 0. The minimum absolute atomic E-state index is 0.0664. The van der Waals surface area contributed by atoms with E-state index in [-0.39, 0.29) is 16.6 Å². The van der Waals surface area contributed by atoms with Gasteiger partial charge in [0.15, 0.2) is 0 Å². The van der Waals surface area contributed by atoms with Crippen LogP contribution in [0.5, 0.6) is 0 Å². The van der Waals surface area contributed by atoms with Crippen LogP contribution in [0, 0.1) is 10.1 Å². The van der Waals surface area contributed by atoms with Crippen molar-refractivity contribution in [2.75, 3.05) is 34.8 Å². The molecule has 8 nitrogen and oxygen atoms in total. The molecule has 3 rings (SSSR count). The Hall–Kier alpha value is -3.23. The van der Waals surface area contributed by atoms with Gasteiger partial charge in [-0.1, -0.05) is 0 Å². The molecular formula is C23H30N4O4+2. The molecule has 0 radical (unpaired) electrons. The number of carbonyl (C=O) groups excluding carboxylic acids is 1. The third-order valence-corrected chi connectivity index (χ3v) is 5.07. The van der Waals surface area contributed by atoms with Crippen molar-refractivity contribution in [3.8, 4) is 11.1 Å². The predicted octanol–water partition coefficient (Wildman–Crippen LogP) is 0.980. The number of rotatable bonds is 8. The van der Waals surface area contributed by atoms with Crippen LogP contribution in [0.15, 0.2) is 42.6 Å². The number of aromatic nitrogens is 1. The number of ether oxygens (including phenoxy) is 1. The van der Waals surface area contributed by atoms with Crippen molar-refractivity contribution in [3.63, 3.8) is 0 Å². The average molecular weight is 427 g/mol. The van der Waals surface area contributed by atoms with Crippen molar-refractivity contribution < 1.29 is 24.3 Å². The van der Waals surface area contributed by atoms with Crippen LogP contribution in [-0.4, -0.2) is 50.1 Å². The molecule has 0 fully saturated rings. The fraction of sp³-hybridized carbons (Fsp3) is 0.348. The Morgan fingerprint density at radius 3 is 2.23 bits per heavy atom. The number of benzene rings is 1. The van der Waals surface area contributed by atoms with Gasteiger partial charge in [-0.05, 0) is 36.8 Å². The highest BCUT2D eigenvalue weighted by atomic mass is 16.6. The molecule has 0 amide bonds. The molecule has 31 heavy (non-hydrogen) atoms. The summed E-state index contributed by atoms with van der Waals surface area (Å²) in [6, 6.07) is 10.5. The lowest BCUT2D eigenvalue weighted by Gasteiger charge is -2.12. The molecule has 0 unspecified atom stereocenters. The van der Waals surface area contributed by atoms with Crippen LogP contribution in [0.3, 0.4) is 0 Å². The second-order valence-corrected chi connectivity index (χ2v) is 8.27. The molecule has 0 saturated carbocycles. The van der Waals surface area contributed by atoms with Crippen LogP contribution >= 0.6 is 0 Å². The van der Waals surface area contributed by atoms with Gasteiger partial charge in [0.2, 0.25) is 0 Å². The first-order chi connectivity index (χ1) is 14.7. The maximum atomic E-state index is 12.4. The van der Waals surface area contributed by atoms with Crippen molar-refractivity contribution in [2.45, 2.75) is 20.0 Å². The summed E-state index contributed by atoms with van der Waals surface area (Å²) in [5.41, 5.74) is 5.80. The number of hydrogen-bond acceptors (Lipinski definition) is 4. The SMILES string of the molecule is CCOC(=O)c1ccc2c(C[NH+](C)C)c(-c3ccc([N+](=O)[O-])cc3)c(C[NH+](C)C)n2c1. The fourth-order valence-corrected chi connectivity index (χ4v) is 3.86. The molecule has 0 aliphatic carbocycles. The third-order valence-electron chi connectivity index (χ3n) is 5.07. The molecule has 0 bridgehead atoms. The van der Waals surface area contributed by atoms with E-state index in [1.165, 1.54) is 9.80 Å². The van der Waals surface area contributed by atoms with Gasteiger partial charge in [0.05, 0.1) is 56.5 Å². The smallest absolute Gasteiger partial charge is 0.339 e. The number of nitro groups is 1. The summed E-state index contributed by atoms with van der Waals surface area (Å²) in [5.74, 6) is -0.349. The summed E-state index contributed by atoms with van der Waals surface area (Å²) in [4.78, 5) is 25.6. The molecule has 0 aliphatic rings. The molecule has 0 aliphatic heterocycles. The number of carbonyl (C=O) groups is 1. The number of nitro benzene ring substituents is 1. The molecule has 8 heteroatoms. The first kappa shape index (κ1) is 22.5. The zero-order valence-corrected chi connectivity index (χ0v) is 18.7. The predicted molar refractivity (Wildman–Crippen MR) is 118 cm³/mol. The molecule has 0 spiro atoms. The van der Waals surface area contributed by atoms with E-state index in [2.05, 4.69) is 32.6 Å². The van der Waals surface area contributed by atoms with Gasteiger partial charge < -0.3 is 18.9 Å². The number of quaternary nitrogens is 2. The molecule has 0 atom stereocenters. The van der Waals surface area contributed by atoms with Crippen LogP contribution in [0.1, 0.15) is 28.5 Å². The maximum Gasteiger partial charge on any atom is 0.339 e. The lowest BCUT2D eigenvalue weighted by Crippen LogP contribution is -3.04. The fourth-order valence-electron chi connectivity index (χ4n) is 3.86. The normalized spacial score (nSPS) is 11.5. The Bertz CT molecular complexity index is 1100. The van der Waals surface area contributed by atoms with Crippen LogP contribution in [0.2, 0.25) is 0 Å². The number of nitrogens with zero attached hydrogens (tertiary/aromatic N) is 2. The zero-order valence-electron chi connectivity index (χ0n) is 18.7. The van der Waals surface area contributed by atoms with E-state index in [0.29, 0.717) is 12.2 Å². The van der Waals surface area contributed by atoms with Crippen LogP contribution in [0.4, 0.5) is 5.69 Å². The molecule has 0 saturated heterocycles. The van der Waals surface area contributed by atoms with Crippen molar-refractivity contribution in [1.29, 1.82) is 0 Å². The Morgan fingerprint density at radius 2 is 1.68 bits per heavy atom. The van der Waals surface area contributed by atoms with Gasteiger partial charge in [0, 0.05) is 29.5 Å². The summed E-state index contributed by atoms with van der Waals surface area (Å²) < 4.78 is 7.27.